The van der Waals surface area contributed by atoms with E-state index >= 15 is 0 Å². The van der Waals surface area contributed by atoms with Crippen LogP contribution in [0.5, 0.6) is 11.5 Å². The molecule has 33 heavy (non-hydrogen) atoms. The Morgan fingerprint density at radius 3 is 2.00 bits per heavy atom. The summed E-state index contributed by atoms with van der Waals surface area (Å²) < 4.78 is 44.8. The van der Waals surface area contributed by atoms with Crippen molar-refractivity contribution in [3.05, 3.63) is 72.8 Å². The molecule has 0 amide bonds. The Labute approximate surface area is 199 Å². The number of nitrogens with one attached hydrogen (secondary N) is 2. The maximum Gasteiger partial charge on any atom is 0.182 e. The van der Waals surface area contributed by atoms with E-state index in [4.69, 9.17) is 9.47 Å². The fraction of sp³-hybridized carbons (Fsp3) is 0.250. The number of ether oxygens (including phenoxy) is 2. The third kappa shape index (κ3) is 5.85. The molecule has 3 aromatic rings. The summed E-state index contributed by atoms with van der Waals surface area (Å²) in [4.78, 5) is 1.37. The SMILES string of the molecule is O=S1(=O)CCNc2ccccc21.O=S1CCNc2ccccc21.[HH].[HH].c1ccc2c(c1)OCCO2. The van der Waals surface area contributed by atoms with Crippen molar-refractivity contribution in [3.8, 4) is 11.5 Å². The molecule has 3 aliphatic rings. The standard InChI is InChI=1S/C8H9NO2S.C8H9NOS.C8H8O2.2H2/c10-12(11)6-5-9-7-3-1-2-4-8(7)12;10-11-6-5-9-7-3-1-2-4-8(7)11;1-2-4-8-7(3-1)9-5-6-10-8;;/h1-4,9H,5-6H2;1-4,9H,5-6H2;1-4H,5-6H2;2*1H. The first kappa shape index (κ1) is 23.1. The summed E-state index contributed by atoms with van der Waals surface area (Å²) in [5, 5.41) is 6.24. The average molecular weight is 491 g/mol. The number of sulfone groups is 1. The number of benzene rings is 3. The van der Waals surface area contributed by atoms with Crippen molar-refractivity contribution in [2.45, 2.75) is 9.79 Å². The van der Waals surface area contributed by atoms with Gasteiger partial charge in [-0.3, -0.25) is 4.21 Å². The molecule has 0 saturated heterocycles. The van der Waals surface area contributed by atoms with Crippen molar-refractivity contribution in [1.29, 1.82) is 0 Å². The van der Waals surface area contributed by atoms with Crippen molar-refractivity contribution < 1.29 is 25.0 Å². The highest BCUT2D eigenvalue weighted by Gasteiger charge is 2.21. The van der Waals surface area contributed by atoms with E-state index in [9.17, 15) is 12.6 Å². The maximum absolute atomic E-state index is 11.4. The average Bonchev–Trinajstić information content (AvgIpc) is 2.85. The van der Waals surface area contributed by atoms with Crippen molar-refractivity contribution in [2.24, 2.45) is 0 Å². The van der Waals surface area contributed by atoms with E-state index in [2.05, 4.69) is 10.6 Å². The largest absolute Gasteiger partial charge is 0.486 e. The van der Waals surface area contributed by atoms with E-state index in [0.29, 0.717) is 24.7 Å². The van der Waals surface area contributed by atoms with Gasteiger partial charge in [-0.2, -0.15) is 0 Å². The minimum Gasteiger partial charge on any atom is -0.486 e. The van der Waals surface area contributed by atoms with Crippen LogP contribution in [-0.2, 0) is 20.6 Å². The summed E-state index contributed by atoms with van der Waals surface area (Å²) in [5.41, 5.74) is 1.75. The molecule has 0 radical (unpaired) electrons. The molecule has 7 nitrogen and oxygen atoms in total. The van der Waals surface area contributed by atoms with Crippen LogP contribution in [0.1, 0.15) is 2.85 Å². The zero-order valence-corrected chi connectivity index (χ0v) is 19.7. The number of anilines is 2. The first-order valence-corrected chi connectivity index (χ1v) is 13.6. The Hall–Kier alpha value is -3.04. The monoisotopic (exact) mass is 490 g/mol. The molecule has 0 fully saturated rings. The predicted octanol–water partition coefficient (Wildman–Crippen LogP) is 4.06. The number of hydrogen-bond donors (Lipinski definition) is 2. The summed E-state index contributed by atoms with van der Waals surface area (Å²) in [5.74, 6) is 2.64. The lowest BCUT2D eigenvalue weighted by Gasteiger charge is -2.17. The van der Waals surface area contributed by atoms with Gasteiger partial charge in [-0.15, -0.1) is 0 Å². The minimum absolute atomic E-state index is 0. The zero-order valence-electron chi connectivity index (χ0n) is 18.0. The van der Waals surface area contributed by atoms with Crippen LogP contribution >= 0.6 is 0 Å². The van der Waals surface area contributed by atoms with E-state index < -0.39 is 20.6 Å². The van der Waals surface area contributed by atoms with Gasteiger partial charge in [0.15, 0.2) is 21.3 Å². The molecule has 0 aliphatic carbocycles. The molecule has 0 bridgehead atoms. The predicted molar refractivity (Wildman–Crippen MR) is 135 cm³/mol. The first-order chi connectivity index (χ1) is 16.0. The Balaban J connectivity index is 0.000000181. The number of fused-ring (bicyclic) bond motifs is 3. The maximum atomic E-state index is 11.4. The minimum atomic E-state index is -3.00. The molecular formula is C24H30N2O5S2. The number of para-hydroxylation sites is 4. The van der Waals surface area contributed by atoms with Crippen LogP contribution in [0.25, 0.3) is 0 Å². The van der Waals surface area contributed by atoms with E-state index in [1.54, 1.807) is 18.2 Å². The molecule has 0 saturated carbocycles. The molecule has 1 atom stereocenters. The van der Waals surface area contributed by atoms with Crippen molar-refractivity contribution in [3.63, 3.8) is 0 Å². The molecule has 0 spiro atoms. The molecule has 2 N–H and O–H groups in total. The zero-order chi connectivity index (χ0) is 23.1. The number of rotatable bonds is 0. The highest BCUT2D eigenvalue weighted by Crippen LogP contribution is 2.28. The van der Waals surface area contributed by atoms with Crippen molar-refractivity contribution in [2.75, 3.05) is 48.4 Å². The van der Waals surface area contributed by atoms with Crippen LogP contribution in [0.3, 0.4) is 0 Å². The Morgan fingerprint density at radius 2 is 1.33 bits per heavy atom. The lowest BCUT2D eigenvalue weighted by Crippen LogP contribution is -2.22. The number of hydrogen-bond acceptors (Lipinski definition) is 7. The second-order valence-electron chi connectivity index (χ2n) is 7.36. The van der Waals surface area contributed by atoms with Crippen LogP contribution in [0.4, 0.5) is 11.4 Å². The molecule has 9 heteroatoms. The molecule has 3 aromatic carbocycles. The van der Waals surface area contributed by atoms with Gasteiger partial charge in [0.1, 0.15) is 13.2 Å². The normalized spacial score (nSPS) is 18.8. The fourth-order valence-electron chi connectivity index (χ4n) is 3.51. The molecular weight excluding hydrogens is 460 g/mol. The molecule has 3 heterocycles. The molecule has 0 aromatic heterocycles. The second kappa shape index (κ2) is 10.7. The summed E-state index contributed by atoms with van der Waals surface area (Å²) in [7, 11) is -3.78. The van der Waals surface area contributed by atoms with Gasteiger partial charge in [0, 0.05) is 21.7 Å². The third-order valence-corrected chi connectivity index (χ3v) is 8.28. The lowest BCUT2D eigenvalue weighted by atomic mass is 10.3. The second-order valence-corrected chi connectivity index (χ2v) is 11.0. The first-order valence-electron chi connectivity index (χ1n) is 10.7. The Bertz CT molecular complexity index is 1220. The van der Waals surface area contributed by atoms with Gasteiger partial charge in [0.2, 0.25) is 0 Å². The molecule has 6 rings (SSSR count). The van der Waals surface area contributed by atoms with Gasteiger partial charge in [-0.25, -0.2) is 8.42 Å². The quantitative estimate of drug-likeness (QED) is 0.491. The van der Waals surface area contributed by atoms with E-state index in [0.717, 1.165) is 40.1 Å². The fourth-order valence-corrected chi connectivity index (χ4v) is 5.98. The van der Waals surface area contributed by atoms with Gasteiger partial charge < -0.3 is 20.1 Å². The van der Waals surface area contributed by atoms with Gasteiger partial charge >= 0.3 is 0 Å². The topological polar surface area (TPSA) is 93.7 Å². The van der Waals surface area contributed by atoms with Gasteiger partial charge in [-0.1, -0.05) is 36.4 Å². The third-order valence-electron chi connectivity index (χ3n) is 5.09. The van der Waals surface area contributed by atoms with Gasteiger partial charge in [0.25, 0.3) is 0 Å². The van der Waals surface area contributed by atoms with E-state index in [1.807, 2.05) is 54.6 Å². The Kier molecular flexibility index (Phi) is 7.51. The van der Waals surface area contributed by atoms with Gasteiger partial charge in [-0.05, 0) is 36.4 Å². The van der Waals surface area contributed by atoms with Crippen LogP contribution in [0.2, 0.25) is 0 Å². The summed E-state index contributed by atoms with van der Waals surface area (Å²) in [6.07, 6.45) is 0. The highest BCUT2D eigenvalue weighted by molar-refractivity contribution is 7.91. The molecule has 178 valence electrons. The Morgan fingerprint density at radius 1 is 0.758 bits per heavy atom. The summed E-state index contributed by atoms with van der Waals surface area (Å²) in [6, 6.07) is 22.4. The van der Waals surface area contributed by atoms with Crippen LogP contribution in [0, 0.1) is 0 Å². The van der Waals surface area contributed by atoms with Crippen LogP contribution < -0.4 is 20.1 Å². The van der Waals surface area contributed by atoms with Crippen molar-refractivity contribution in [1.82, 2.24) is 0 Å². The summed E-state index contributed by atoms with van der Waals surface area (Å²) >= 11 is 0. The van der Waals surface area contributed by atoms with E-state index in [-0.39, 0.29) is 8.61 Å². The lowest BCUT2D eigenvalue weighted by molar-refractivity contribution is 0.171. The van der Waals surface area contributed by atoms with Crippen LogP contribution in [-0.4, -0.2) is 50.4 Å². The van der Waals surface area contributed by atoms with E-state index in [1.165, 1.54) is 0 Å². The van der Waals surface area contributed by atoms with Gasteiger partial charge in [0.05, 0.1) is 37.7 Å². The van der Waals surface area contributed by atoms with Crippen LogP contribution in [0.15, 0.2) is 82.6 Å². The molecule has 3 aliphatic heterocycles. The molecule has 1 unspecified atom stereocenters. The van der Waals surface area contributed by atoms with Crippen molar-refractivity contribution >= 4 is 32.0 Å². The smallest absolute Gasteiger partial charge is 0.182 e. The highest BCUT2D eigenvalue weighted by atomic mass is 32.2. The summed E-state index contributed by atoms with van der Waals surface area (Å²) in [6.45, 7) is 2.66.